The molecular weight excluding hydrogens is 302 g/mol. The zero-order valence-corrected chi connectivity index (χ0v) is 13.4. The smallest absolute Gasteiger partial charge is 0.107 e. The largest absolute Gasteiger partial charge is 0.325 e. The quantitative estimate of drug-likeness (QED) is 0.881. The summed E-state index contributed by atoms with van der Waals surface area (Å²) in [5.74, 6) is 0. The molecule has 0 aliphatic rings. The van der Waals surface area contributed by atoms with E-state index >= 15 is 0 Å². The molecule has 0 fully saturated rings. The number of aromatic amines is 1. The number of hydrogen-bond acceptors (Lipinski definition) is 2. The Morgan fingerprint density at radius 2 is 2.00 bits per heavy atom. The van der Waals surface area contributed by atoms with Crippen LogP contribution in [0.4, 0.5) is 0 Å². The molecule has 3 N–H and O–H groups in total. The van der Waals surface area contributed by atoms with Crippen molar-refractivity contribution in [3.05, 3.63) is 39.5 Å². The van der Waals surface area contributed by atoms with Gasteiger partial charge < -0.3 is 5.73 Å². The molecule has 0 aliphatic carbocycles. The van der Waals surface area contributed by atoms with Gasteiger partial charge in [-0.3, -0.25) is 5.10 Å². The van der Waals surface area contributed by atoms with Gasteiger partial charge in [-0.15, -0.1) is 0 Å². The first-order chi connectivity index (χ1) is 8.84. The molecule has 1 heterocycles. The minimum absolute atomic E-state index is 0.161. The number of nitrogens with zero attached hydrogens (tertiary/aromatic N) is 1. The number of H-pyrrole nitrogens is 1. The highest BCUT2D eigenvalue weighted by Crippen LogP contribution is 2.33. The van der Waals surface area contributed by atoms with Crippen LogP contribution in [0.5, 0.6) is 0 Å². The highest BCUT2D eigenvalue weighted by Gasteiger charge is 2.17. The van der Waals surface area contributed by atoms with E-state index in [1.54, 1.807) is 0 Å². The molecule has 0 atom stereocenters. The third kappa shape index (κ3) is 2.74. The van der Waals surface area contributed by atoms with Gasteiger partial charge >= 0.3 is 0 Å². The summed E-state index contributed by atoms with van der Waals surface area (Å²) >= 11 is 3.57. The minimum Gasteiger partial charge on any atom is -0.325 e. The van der Waals surface area contributed by atoms with Crippen molar-refractivity contribution < 1.29 is 0 Å². The van der Waals surface area contributed by atoms with E-state index < -0.39 is 0 Å². The number of nitrogens with one attached hydrogen (secondary N) is 1. The topological polar surface area (TPSA) is 54.7 Å². The first-order valence-electron chi connectivity index (χ1n) is 6.39. The van der Waals surface area contributed by atoms with Crippen LogP contribution in [0.2, 0.25) is 0 Å². The van der Waals surface area contributed by atoms with Gasteiger partial charge in [0.1, 0.15) is 5.69 Å². The average Bonchev–Trinajstić information content (AvgIpc) is 2.69. The van der Waals surface area contributed by atoms with Crippen LogP contribution in [0.1, 0.15) is 37.6 Å². The summed E-state index contributed by atoms with van der Waals surface area (Å²) in [5, 5.41) is 7.33. The predicted octanol–water partition coefficient (Wildman–Crippen LogP) is 3.90. The Bertz CT molecular complexity index is 594. The molecule has 2 rings (SSSR count). The fraction of sp³-hybridized carbons (Fsp3) is 0.400. The van der Waals surface area contributed by atoms with Crippen LogP contribution < -0.4 is 5.73 Å². The fourth-order valence-electron chi connectivity index (χ4n) is 2.07. The van der Waals surface area contributed by atoms with Crippen molar-refractivity contribution in [1.82, 2.24) is 10.2 Å². The van der Waals surface area contributed by atoms with Crippen LogP contribution in [0, 0.1) is 6.92 Å². The van der Waals surface area contributed by atoms with Crippen LogP contribution in [0.15, 0.2) is 22.7 Å². The third-order valence-corrected chi connectivity index (χ3v) is 4.18. The molecule has 0 bridgehead atoms. The Morgan fingerprint density at radius 3 is 2.47 bits per heavy atom. The lowest BCUT2D eigenvalue weighted by Gasteiger charge is -2.20. The molecule has 1 aromatic carbocycles. The number of rotatable bonds is 2. The Morgan fingerprint density at radius 1 is 1.32 bits per heavy atom. The van der Waals surface area contributed by atoms with Crippen molar-refractivity contribution in [3.8, 4) is 11.3 Å². The van der Waals surface area contributed by atoms with Crippen molar-refractivity contribution >= 4 is 15.9 Å². The van der Waals surface area contributed by atoms with Crippen molar-refractivity contribution in [2.45, 2.75) is 39.7 Å². The summed E-state index contributed by atoms with van der Waals surface area (Å²) in [6.45, 7) is 9.23. The molecule has 2 aromatic rings. The van der Waals surface area contributed by atoms with E-state index in [4.69, 9.17) is 5.73 Å². The SMILES string of the molecule is Cc1cc(C(C)(C)C)ccc1-c1n[nH]c(CN)c1Br. The number of aryl methyl sites for hydroxylation is 1. The number of halogens is 1. The second-order valence-corrected chi connectivity index (χ2v) is 6.64. The van der Waals surface area contributed by atoms with Crippen LogP contribution in [0.25, 0.3) is 11.3 Å². The second kappa shape index (κ2) is 5.10. The second-order valence-electron chi connectivity index (χ2n) is 5.85. The van der Waals surface area contributed by atoms with E-state index in [0.29, 0.717) is 6.54 Å². The van der Waals surface area contributed by atoms with Crippen molar-refractivity contribution in [2.24, 2.45) is 5.73 Å². The summed E-state index contributed by atoms with van der Waals surface area (Å²) in [6.07, 6.45) is 0. The molecule has 3 nitrogen and oxygen atoms in total. The summed E-state index contributed by atoms with van der Waals surface area (Å²) in [5.41, 5.74) is 11.4. The molecule has 0 radical (unpaired) electrons. The van der Waals surface area contributed by atoms with Gasteiger partial charge in [-0.05, 0) is 39.4 Å². The Balaban J connectivity index is 2.49. The summed E-state index contributed by atoms with van der Waals surface area (Å²) < 4.78 is 0.960. The van der Waals surface area contributed by atoms with E-state index in [9.17, 15) is 0 Å². The molecule has 0 saturated carbocycles. The lowest BCUT2D eigenvalue weighted by Crippen LogP contribution is -2.11. The first-order valence-corrected chi connectivity index (χ1v) is 7.18. The molecule has 0 aliphatic heterocycles. The van der Waals surface area contributed by atoms with Gasteiger partial charge in [-0.25, -0.2) is 0 Å². The Kier molecular flexibility index (Phi) is 3.83. The average molecular weight is 322 g/mol. The number of benzene rings is 1. The van der Waals surface area contributed by atoms with Gasteiger partial charge in [-0.2, -0.15) is 5.10 Å². The molecule has 0 saturated heterocycles. The van der Waals surface area contributed by atoms with Gasteiger partial charge in [0.2, 0.25) is 0 Å². The monoisotopic (exact) mass is 321 g/mol. The molecule has 0 amide bonds. The van der Waals surface area contributed by atoms with Crippen molar-refractivity contribution in [3.63, 3.8) is 0 Å². The Labute approximate surface area is 122 Å². The van der Waals surface area contributed by atoms with E-state index in [1.807, 2.05) is 0 Å². The maximum atomic E-state index is 5.66. The van der Waals surface area contributed by atoms with E-state index in [0.717, 1.165) is 21.4 Å². The molecule has 0 spiro atoms. The fourth-order valence-corrected chi connectivity index (χ4v) is 2.63. The maximum absolute atomic E-state index is 5.66. The highest BCUT2D eigenvalue weighted by atomic mass is 79.9. The normalized spacial score (nSPS) is 11.9. The zero-order valence-electron chi connectivity index (χ0n) is 11.8. The van der Waals surface area contributed by atoms with E-state index in [1.165, 1.54) is 11.1 Å². The summed E-state index contributed by atoms with van der Waals surface area (Å²) in [7, 11) is 0. The molecule has 1 aromatic heterocycles. The highest BCUT2D eigenvalue weighted by molar-refractivity contribution is 9.10. The lowest BCUT2D eigenvalue weighted by atomic mass is 9.85. The lowest BCUT2D eigenvalue weighted by molar-refractivity contribution is 0.590. The summed E-state index contributed by atoms with van der Waals surface area (Å²) in [4.78, 5) is 0. The van der Waals surface area contributed by atoms with Gasteiger partial charge in [0.05, 0.1) is 10.2 Å². The predicted molar refractivity (Wildman–Crippen MR) is 83.1 cm³/mol. The number of nitrogens with two attached hydrogens (primary N) is 1. The van der Waals surface area contributed by atoms with Gasteiger partial charge in [0.25, 0.3) is 0 Å². The number of aromatic nitrogens is 2. The molecule has 4 heteroatoms. The van der Waals surface area contributed by atoms with E-state index in [-0.39, 0.29) is 5.41 Å². The van der Waals surface area contributed by atoms with Crippen LogP contribution in [0.3, 0.4) is 0 Å². The van der Waals surface area contributed by atoms with Gasteiger partial charge in [-0.1, -0.05) is 39.0 Å². The van der Waals surface area contributed by atoms with Gasteiger partial charge in [0.15, 0.2) is 0 Å². The molecular formula is C15H20BrN3. The van der Waals surface area contributed by atoms with Crippen LogP contribution >= 0.6 is 15.9 Å². The van der Waals surface area contributed by atoms with Crippen molar-refractivity contribution in [1.29, 1.82) is 0 Å². The molecule has 102 valence electrons. The molecule has 0 unspecified atom stereocenters. The van der Waals surface area contributed by atoms with Crippen LogP contribution in [-0.2, 0) is 12.0 Å². The third-order valence-electron chi connectivity index (χ3n) is 3.33. The maximum Gasteiger partial charge on any atom is 0.107 e. The standard InChI is InChI=1S/C15H20BrN3/c1-9-7-10(15(2,3)4)5-6-11(9)14-13(16)12(8-17)18-19-14/h5-7H,8,17H2,1-4H3,(H,18,19). The van der Waals surface area contributed by atoms with E-state index in [2.05, 4.69) is 72.0 Å². The first kappa shape index (κ1) is 14.3. The molecule has 19 heavy (non-hydrogen) atoms. The number of hydrogen-bond donors (Lipinski definition) is 2. The van der Waals surface area contributed by atoms with Gasteiger partial charge in [0, 0.05) is 12.1 Å². The Hall–Kier alpha value is -1.13. The minimum atomic E-state index is 0.161. The summed E-state index contributed by atoms with van der Waals surface area (Å²) in [6, 6.07) is 6.54. The van der Waals surface area contributed by atoms with Crippen molar-refractivity contribution in [2.75, 3.05) is 0 Å². The van der Waals surface area contributed by atoms with Crippen LogP contribution in [-0.4, -0.2) is 10.2 Å². The zero-order chi connectivity index (χ0) is 14.2.